The second-order valence-electron chi connectivity index (χ2n) is 5.99. The third-order valence-corrected chi connectivity index (χ3v) is 4.14. The molecule has 0 aliphatic carbocycles. The zero-order chi connectivity index (χ0) is 18.7. The number of aryl methyl sites for hydroxylation is 2. The van der Waals surface area contributed by atoms with Crippen molar-refractivity contribution < 1.29 is 9.59 Å². The Labute approximate surface area is 151 Å². The quantitative estimate of drug-likeness (QED) is 0.676. The lowest BCUT2D eigenvalue weighted by atomic mass is 10.1. The van der Waals surface area contributed by atoms with Crippen LogP contribution in [0.15, 0.2) is 48.5 Å². The number of amides is 2. The van der Waals surface area contributed by atoms with Gasteiger partial charge in [-0.15, -0.1) is 0 Å². The minimum absolute atomic E-state index is 0.231. The summed E-state index contributed by atoms with van der Waals surface area (Å²) in [6.45, 7) is 3.91. The number of rotatable bonds is 4. The van der Waals surface area contributed by atoms with Gasteiger partial charge in [-0.1, -0.05) is 18.2 Å². The number of hydrogen-bond donors (Lipinski definition) is 3. The van der Waals surface area contributed by atoms with Crippen LogP contribution in [0.25, 0.3) is 11.4 Å². The highest BCUT2D eigenvalue weighted by Gasteiger charge is 2.11. The Balaban J connectivity index is 1.82. The lowest BCUT2D eigenvalue weighted by molar-refractivity contribution is 0.0963. The van der Waals surface area contributed by atoms with Gasteiger partial charge in [-0.2, -0.15) is 0 Å². The molecule has 0 fully saturated rings. The molecule has 0 saturated carbocycles. The lowest BCUT2D eigenvalue weighted by Crippen LogP contribution is -2.19. The molecule has 0 bridgehead atoms. The SMILES string of the molecule is CNC(=O)c1cccc(C(=O)Nc2cccc(-c3nc(C)c(C)[nH]3)c2)c1. The fourth-order valence-corrected chi connectivity index (χ4v) is 2.58. The van der Waals surface area contributed by atoms with Gasteiger partial charge in [-0.3, -0.25) is 9.59 Å². The molecule has 0 saturated heterocycles. The number of anilines is 1. The number of carbonyl (C=O) groups excluding carboxylic acids is 2. The van der Waals surface area contributed by atoms with Gasteiger partial charge in [-0.25, -0.2) is 4.98 Å². The van der Waals surface area contributed by atoms with Gasteiger partial charge in [0.2, 0.25) is 0 Å². The molecule has 0 aliphatic rings. The van der Waals surface area contributed by atoms with Crippen LogP contribution < -0.4 is 10.6 Å². The number of H-pyrrole nitrogens is 1. The largest absolute Gasteiger partial charge is 0.355 e. The molecule has 6 nitrogen and oxygen atoms in total. The number of hydrogen-bond acceptors (Lipinski definition) is 3. The normalized spacial score (nSPS) is 10.4. The monoisotopic (exact) mass is 348 g/mol. The number of carbonyl (C=O) groups is 2. The van der Waals surface area contributed by atoms with Gasteiger partial charge >= 0.3 is 0 Å². The van der Waals surface area contributed by atoms with Crippen LogP contribution in [0.2, 0.25) is 0 Å². The molecule has 0 aliphatic heterocycles. The molecule has 2 aromatic carbocycles. The van der Waals surface area contributed by atoms with Crippen LogP contribution in [0.3, 0.4) is 0 Å². The molecule has 0 atom stereocenters. The van der Waals surface area contributed by atoms with Gasteiger partial charge in [0, 0.05) is 35.1 Å². The van der Waals surface area contributed by atoms with Gasteiger partial charge in [0.05, 0.1) is 5.69 Å². The van der Waals surface area contributed by atoms with Crippen LogP contribution in [-0.4, -0.2) is 28.8 Å². The molecule has 0 spiro atoms. The summed E-state index contributed by atoms with van der Waals surface area (Å²) < 4.78 is 0. The number of aromatic amines is 1. The van der Waals surface area contributed by atoms with Gasteiger partial charge in [0.15, 0.2) is 0 Å². The summed E-state index contributed by atoms with van der Waals surface area (Å²) in [6, 6.07) is 14.0. The van der Waals surface area contributed by atoms with E-state index in [1.54, 1.807) is 31.3 Å². The maximum absolute atomic E-state index is 12.5. The molecular weight excluding hydrogens is 328 g/mol. The van der Waals surface area contributed by atoms with Gasteiger partial charge < -0.3 is 15.6 Å². The average molecular weight is 348 g/mol. The first kappa shape index (κ1) is 17.4. The fraction of sp³-hybridized carbons (Fsp3) is 0.150. The molecule has 26 heavy (non-hydrogen) atoms. The Hall–Kier alpha value is -3.41. The topological polar surface area (TPSA) is 86.9 Å². The number of nitrogens with one attached hydrogen (secondary N) is 3. The minimum atomic E-state index is -0.278. The molecule has 0 unspecified atom stereocenters. The Morgan fingerprint density at radius 2 is 1.65 bits per heavy atom. The second-order valence-corrected chi connectivity index (χ2v) is 5.99. The summed E-state index contributed by atoms with van der Waals surface area (Å²) in [5.74, 6) is 0.252. The van der Waals surface area contributed by atoms with E-state index >= 15 is 0 Å². The van der Waals surface area contributed by atoms with Crippen molar-refractivity contribution in [2.45, 2.75) is 13.8 Å². The van der Waals surface area contributed by atoms with Crippen molar-refractivity contribution in [3.8, 4) is 11.4 Å². The standard InChI is InChI=1S/C20H20N4O2/c1-12-13(2)23-18(22-12)14-6-5-9-17(11-14)24-20(26)16-8-4-7-15(10-16)19(25)21-3/h4-11H,1-3H3,(H,21,25)(H,22,23)(H,24,26). The lowest BCUT2D eigenvalue weighted by Gasteiger charge is -2.08. The maximum atomic E-state index is 12.5. The summed E-state index contributed by atoms with van der Waals surface area (Å²) in [6.07, 6.45) is 0. The Kier molecular flexibility index (Phi) is 4.84. The van der Waals surface area contributed by atoms with Crippen LogP contribution in [0, 0.1) is 13.8 Å². The fourth-order valence-electron chi connectivity index (χ4n) is 2.58. The van der Waals surface area contributed by atoms with E-state index in [2.05, 4.69) is 20.6 Å². The molecule has 2 amide bonds. The average Bonchev–Trinajstić information content (AvgIpc) is 3.00. The predicted molar refractivity (Wildman–Crippen MR) is 101 cm³/mol. The highest BCUT2D eigenvalue weighted by Crippen LogP contribution is 2.22. The van der Waals surface area contributed by atoms with Crippen LogP contribution >= 0.6 is 0 Å². The van der Waals surface area contributed by atoms with Crippen LogP contribution in [0.1, 0.15) is 32.1 Å². The molecule has 132 valence electrons. The number of aromatic nitrogens is 2. The first-order valence-corrected chi connectivity index (χ1v) is 8.25. The van der Waals surface area contributed by atoms with Gasteiger partial charge in [0.25, 0.3) is 11.8 Å². The summed E-state index contributed by atoms with van der Waals surface area (Å²) in [7, 11) is 1.55. The maximum Gasteiger partial charge on any atom is 0.255 e. The van der Waals surface area contributed by atoms with E-state index < -0.39 is 0 Å². The predicted octanol–water partition coefficient (Wildman–Crippen LogP) is 3.31. The summed E-state index contributed by atoms with van der Waals surface area (Å²) in [4.78, 5) is 32.0. The Morgan fingerprint density at radius 3 is 2.31 bits per heavy atom. The van der Waals surface area contributed by atoms with Crippen LogP contribution in [-0.2, 0) is 0 Å². The van der Waals surface area contributed by atoms with Crippen molar-refractivity contribution >= 4 is 17.5 Å². The molecular formula is C20H20N4O2. The van der Waals surface area contributed by atoms with Crippen molar-refractivity contribution in [2.75, 3.05) is 12.4 Å². The van der Waals surface area contributed by atoms with Crippen LogP contribution in [0.4, 0.5) is 5.69 Å². The zero-order valence-corrected chi connectivity index (χ0v) is 14.9. The van der Waals surface area contributed by atoms with E-state index in [9.17, 15) is 9.59 Å². The first-order chi connectivity index (χ1) is 12.5. The van der Waals surface area contributed by atoms with Gasteiger partial charge in [0.1, 0.15) is 5.82 Å². The molecule has 0 radical (unpaired) electrons. The first-order valence-electron chi connectivity index (χ1n) is 8.25. The third kappa shape index (κ3) is 3.64. The van der Waals surface area contributed by atoms with E-state index in [1.807, 2.05) is 38.1 Å². The molecule has 1 heterocycles. The Bertz CT molecular complexity index is 956. The summed E-state index contributed by atoms with van der Waals surface area (Å²) in [5.41, 5.74) is 4.36. The molecule has 3 N–H and O–H groups in total. The van der Waals surface area contributed by atoms with Gasteiger partial charge in [-0.05, 0) is 44.2 Å². The highest BCUT2D eigenvalue weighted by atomic mass is 16.2. The molecule has 3 aromatic rings. The van der Waals surface area contributed by atoms with Crippen molar-refractivity contribution in [3.05, 3.63) is 71.0 Å². The van der Waals surface area contributed by atoms with E-state index in [4.69, 9.17) is 0 Å². The van der Waals surface area contributed by atoms with E-state index in [-0.39, 0.29) is 11.8 Å². The molecule has 1 aromatic heterocycles. The van der Waals surface area contributed by atoms with Crippen molar-refractivity contribution in [2.24, 2.45) is 0 Å². The van der Waals surface area contributed by atoms with Crippen molar-refractivity contribution in [1.82, 2.24) is 15.3 Å². The van der Waals surface area contributed by atoms with E-state index in [1.165, 1.54) is 0 Å². The Morgan fingerprint density at radius 1 is 0.962 bits per heavy atom. The zero-order valence-electron chi connectivity index (χ0n) is 14.9. The van der Waals surface area contributed by atoms with E-state index in [0.717, 1.165) is 22.8 Å². The molecule has 3 rings (SSSR count). The van der Waals surface area contributed by atoms with Crippen molar-refractivity contribution in [1.29, 1.82) is 0 Å². The summed E-state index contributed by atoms with van der Waals surface area (Å²) >= 11 is 0. The minimum Gasteiger partial charge on any atom is -0.355 e. The second kappa shape index (κ2) is 7.23. The number of imidazole rings is 1. The number of benzene rings is 2. The highest BCUT2D eigenvalue weighted by molar-refractivity contribution is 6.06. The summed E-state index contributed by atoms with van der Waals surface area (Å²) in [5, 5.41) is 5.41. The van der Waals surface area contributed by atoms with E-state index in [0.29, 0.717) is 16.8 Å². The molecule has 6 heteroatoms. The third-order valence-electron chi connectivity index (χ3n) is 4.14. The number of nitrogens with zero attached hydrogens (tertiary/aromatic N) is 1. The van der Waals surface area contributed by atoms with Crippen molar-refractivity contribution in [3.63, 3.8) is 0 Å². The van der Waals surface area contributed by atoms with Crippen LogP contribution in [0.5, 0.6) is 0 Å². The smallest absolute Gasteiger partial charge is 0.255 e.